The Bertz CT molecular complexity index is 162. The Morgan fingerprint density at radius 3 is 1.33 bits per heavy atom. The van der Waals surface area contributed by atoms with Crippen molar-refractivity contribution in [3.8, 4) is 0 Å². The number of carbonyl (C=O) groups excluding carboxylic acids is 2. The van der Waals surface area contributed by atoms with Crippen molar-refractivity contribution in [2.24, 2.45) is 10.7 Å². The topological polar surface area (TPSA) is 148 Å². The summed E-state index contributed by atoms with van der Waals surface area (Å²) in [6, 6.07) is 0. The second-order valence-electron chi connectivity index (χ2n) is 0.907. The molecular weight excluding hydrogens is 268 g/mol. The van der Waals surface area contributed by atoms with Crippen LogP contribution < -0.4 is 6.15 Å². The molecule has 70 valence electrons. The summed E-state index contributed by atoms with van der Waals surface area (Å²) in [4.78, 5) is 44.5. The van der Waals surface area contributed by atoms with Gasteiger partial charge in [-0.25, -0.2) is 9.59 Å². The zero-order chi connectivity index (χ0) is 7.98. The molecule has 10 heteroatoms. The fourth-order valence-electron chi connectivity index (χ4n) is 0.142. The molecule has 0 aliphatic carbocycles. The molecule has 0 aromatic carbocycles. The van der Waals surface area contributed by atoms with Gasteiger partial charge in [-0.1, -0.05) is 0 Å². The summed E-state index contributed by atoms with van der Waals surface area (Å²) in [5, 5.41) is 3.19. The van der Waals surface area contributed by atoms with E-state index in [-0.39, 0.29) is 26.6 Å². The monoisotopic (exact) mass is 272 g/mol. The number of nitrogens with zero attached hydrogens (tertiary/aromatic N) is 2. The van der Waals surface area contributed by atoms with Crippen molar-refractivity contribution in [3.05, 3.63) is 9.81 Å². The maximum absolute atomic E-state index is 9.94. The standard InChI is InChI=1S/C2N2O6.H3N.Pd/c5-1(9-3-7)2(6)10-4-8;;/h;1H3;/q;;+2/p+1. The van der Waals surface area contributed by atoms with Gasteiger partial charge in [0.25, 0.3) is 0 Å². The van der Waals surface area contributed by atoms with E-state index in [1.54, 1.807) is 10.7 Å². The van der Waals surface area contributed by atoms with Gasteiger partial charge in [0.05, 0.1) is 0 Å². The third kappa shape index (κ3) is 6.88. The van der Waals surface area contributed by atoms with Crippen molar-refractivity contribution in [1.29, 1.82) is 0 Å². The minimum absolute atomic E-state index is 0. The van der Waals surface area contributed by atoms with Crippen LogP contribution in [-0.2, 0) is 39.7 Å². The summed E-state index contributed by atoms with van der Waals surface area (Å²) in [6.45, 7) is 0. The Labute approximate surface area is 78.9 Å². The quantitative estimate of drug-likeness (QED) is 0.319. The molecule has 0 radical (unpaired) electrons. The predicted octanol–water partition coefficient (Wildman–Crippen LogP) is -0.191. The molecule has 12 heavy (non-hydrogen) atoms. The van der Waals surface area contributed by atoms with Gasteiger partial charge in [0.15, 0.2) is 10.7 Å². The summed E-state index contributed by atoms with van der Waals surface area (Å²) >= 11 is 0. The molecule has 0 spiro atoms. The van der Waals surface area contributed by atoms with Gasteiger partial charge in [0.2, 0.25) is 0 Å². The van der Waals surface area contributed by atoms with Crippen LogP contribution in [-0.4, -0.2) is 11.9 Å². The van der Waals surface area contributed by atoms with Gasteiger partial charge in [-0.3, -0.25) is 9.68 Å². The van der Waals surface area contributed by atoms with Gasteiger partial charge < -0.3 is 6.15 Å². The second-order valence-corrected chi connectivity index (χ2v) is 0.907. The molecule has 0 unspecified atom stereocenters. The van der Waals surface area contributed by atoms with Crippen LogP contribution in [0.15, 0.2) is 10.7 Å². The molecule has 0 aliphatic heterocycles. The maximum Gasteiger partial charge on any atom is 2.00 e. The van der Waals surface area contributed by atoms with Gasteiger partial charge in [0, 0.05) is 0 Å². The first kappa shape index (κ1) is 17.0. The van der Waals surface area contributed by atoms with Crippen LogP contribution in [0.2, 0.25) is 0 Å². The second kappa shape index (κ2) is 9.76. The summed E-state index contributed by atoms with van der Waals surface area (Å²) in [6.07, 6.45) is 0. The van der Waals surface area contributed by atoms with Crippen LogP contribution in [0.3, 0.4) is 0 Å². The zero-order valence-corrected chi connectivity index (χ0v) is 7.21. The molecule has 4 N–H and O–H groups in total. The largest absolute Gasteiger partial charge is 2.00 e. The van der Waals surface area contributed by atoms with Crippen LogP contribution in [0.4, 0.5) is 0 Å². The predicted molar refractivity (Wildman–Crippen MR) is 29.8 cm³/mol. The van der Waals surface area contributed by atoms with E-state index < -0.39 is 11.9 Å². The number of hydrogen-bond acceptors (Lipinski definition) is 8. The summed E-state index contributed by atoms with van der Waals surface area (Å²) in [5.74, 6) is -3.40. The fourth-order valence-corrected chi connectivity index (χ4v) is 0.142. The first-order chi connectivity index (χ1) is 4.72. The van der Waals surface area contributed by atoms with Crippen LogP contribution >= 0.6 is 0 Å². The van der Waals surface area contributed by atoms with E-state index in [0.717, 1.165) is 0 Å². The Balaban J connectivity index is -0.000000405. The number of hydrogen-bond donors (Lipinski definition) is 1. The van der Waals surface area contributed by atoms with Crippen molar-refractivity contribution >= 4 is 11.9 Å². The van der Waals surface area contributed by atoms with Crippen LogP contribution in [0.5, 0.6) is 0 Å². The minimum atomic E-state index is -1.70. The van der Waals surface area contributed by atoms with E-state index >= 15 is 0 Å². The Hall–Kier alpha value is -1.24. The van der Waals surface area contributed by atoms with E-state index in [1.165, 1.54) is 0 Å². The molecule has 0 heterocycles. The van der Waals surface area contributed by atoms with E-state index in [0.29, 0.717) is 0 Å². The minimum Gasteiger partial charge on any atom is -0.369 e. The molecule has 0 amide bonds. The van der Waals surface area contributed by atoms with Crippen molar-refractivity contribution < 1.29 is 39.7 Å². The van der Waals surface area contributed by atoms with Crippen molar-refractivity contribution in [2.45, 2.75) is 0 Å². The van der Waals surface area contributed by atoms with Gasteiger partial charge >= 0.3 is 32.4 Å². The first-order valence-electron chi connectivity index (χ1n) is 1.80. The van der Waals surface area contributed by atoms with Crippen molar-refractivity contribution in [2.75, 3.05) is 0 Å². The summed E-state index contributed by atoms with van der Waals surface area (Å²) < 4.78 is 0. The van der Waals surface area contributed by atoms with E-state index in [9.17, 15) is 9.59 Å². The van der Waals surface area contributed by atoms with Crippen LogP contribution in [0.1, 0.15) is 0 Å². The van der Waals surface area contributed by atoms with Gasteiger partial charge in [-0.05, 0) is 0 Å². The molecule has 0 saturated carbocycles. The average Bonchev–Trinajstić information content (AvgIpc) is 1.89. The van der Waals surface area contributed by atoms with E-state index in [2.05, 4.69) is 9.68 Å². The Kier molecular flexibility index (Phi) is 13.8. The van der Waals surface area contributed by atoms with E-state index in [1.807, 2.05) is 0 Å². The average molecular weight is 272 g/mol. The molecule has 9 nitrogen and oxygen atoms in total. The van der Waals surface area contributed by atoms with Crippen molar-refractivity contribution in [1.82, 2.24) is 6.15 Å². The zero-order valence-electron chi connectivity index (χ0n) is 5.66. The number of quaternary nitrogens is 1. The molecule has 0 aromatic rings. The molecular formula is C2H4N3O6Pd+3. The van der Waals surface area contributed by atoms with Crippen molar-refractivity contribution in [3.63, 3.8) is 0 Å². The SMILES string of the molecule is O=NOC(=O)C(=O)ON=O.[NH4+].[Pd+2]. The molecule has 0 rings (SSSR count). The van der Waals surface area contributed by atoms with Gasteiger partial charge in [-0.2, -0.15) is 0 Å². The third-order valence-corrected chi connectivity index (χ3v) is 0.407. The maximum atomic E-state index is 9.94. The third-order valence-electron chi connectivity index (χ3n) is 0.407. The Morgan fingerprint density at radius 2 is 1.17 bits per heavy atom. The number of rotatable bonds is 2. The van der Waals surface area contributed by atoms with Crippen LogP contribution in [0.25, 0.3) is 0 Å². The van der Waals surface area contributed by atoms with Crippen LogP contribution in [0, 0.1) is 9.81 Å². The van der Waals surface area contributed by atoms with Gasteiger partial charge in [0.1, 0.15) is 0 Å². The molecule has 0 aliphatic rings. The normalized spacial score (nSPS) is 6.33. The molecule has 0 fully saturated rings. The number of carbonyl (C=O) groups is 2. The van der Waals surface area contributed by atoms with Gasteiger partial charge in [-0.15, -0.1) is 9.81 Å². The summed E-state index contributed by atoms with van der Waals surface area (Å²) in [5.41, 5.74) is 0. The summed E-state index contributed by atoms with van der Waals surface area (Å²) in [7, 11) is 0. The van der Waals surface area contributed by atoms with E-state index in [4.69, 9.17) is 9.81 Å². The fraction of sp³-hybridized carbons (Fsp3) is 0. The first-order valence-corrected chi connectivity index (χ1v) is 1.80. The molecule has 0 saturated heterocycles. The molecule has 0 atom stereocenters. The molecule has 0 bridgehead atoms. The smallest absolute Gasteiger partial charge is 0.369 e. The molecule has 0 aromatic heterocycles. The Morgan fingerprint density at radius 1 is 0.917 bits per heavy atom.